The van der Waals surface area contributed by atoms with E-state index in [2.05, 4.69) is 4.18 Å². The number of nitrogens with zero attached hydrogens (tertiary/aromatic N) is 1. The van der Waals surface area contributed by atoms with E-state index in [0.717, 1.165) is 0 Å². The number of hydrogen-bond donors (Lipinski definition) is 1. The second-order valence-electron chi connectivity index (χ2n) is 0.984. The first kappa shape index (κ1) is 17.7. The van der Waals surface area contributed by atoms with Crippen LogP contribution in [0.1, 0.15) is 6.92 Å². The van der Waals surface area contributed by atoms with E-state index in [9.17, 15) is 13.2 Å². The maximum absolute atomic E-state index is 10.7. The third kappa shape index (κ3) is 33.2. The largest absolute Gasteiger partial charge is 0.537 e. The molecule has 0 saturated carbocycles. The van der Waals surface area contributed by atoms with Crippen molar-refractivity contribution in [2.75, 3.05) is 0 Å². The smallest absolute Gasteiger partial charge is 0.202 e. The molecular weight excluding hydrogens is 246 g/mol. The van der Waals surface area contributed by atoms with Crippen molar-refractivity contribution in [3.05, 3.63) is 0 Å². The van der Waals surface area contributed by atoms with Crippen LogP contribution in [0.15, 0.2) is 0 Å². The standard InChI is InChI=1S/C2H3N.CHF3O3S.Co/c1-2-3;2-1(3,4)7-8(5)6;/h1H3;8H;. The molecule has 1 radical (unpaired) electrons. The van der Waals surface area contributed by atoms with Gasteiger partial charge in [-0.3, -0.25) is 0 Å². The van der Waals surface area contributed by atoms with Crippen LogP contribution in [0.3, 0.4) is 0 Å². The van der Waals surface area contributed by atoms with E-state index in [1.165, 1.54) is 6.92 Å². The summed E-state index contributed by atoms with van der Waals surface area (Å²) in [7, 11) is -3.81. The van der Waals surface area contributed by atoms with Crippen molar-refractivity contribution in [2.45, 2.75) is 13.3 Å². The monoisotopic (exact) mass is 250 g/mol. The Balaban J connectivity index is -0.000000177. The molecular formula is C3H4CoF3NO3S. The Hall–Kier alpha value is -0.304. The summed E-state index contributed by atoms with van der Waals surface area (Å²) in [5.41, 5.74) is 0. The zero-order chi connectivity index (χ0) is 9.49. The SMILES string of the molecule is CC#N.O=[SH](=O)OC(F)(F)F.[Co]. The summed E-state index contributed by atoms with van der Waals surface area (Å²) < 4.78 is 52.7. The van der Waals surface area contributed by atoms with Crippen molar-refractivity contribution in [2.24, 2.45) is 0 Å². The summed E-state index contributed by atoms with van der Waals surface area (Å²) >= 11 is 0. The van der Waals surface area contributed by atoms with E-state index in [1.807, 2.05) is 0 Å². The van der Waals surface area contributed by atoms with Gasteiger partial charge < -0.3 is 0 Å². The van der Waals surface area contributed by atoms with Gasteiger partial charge in [-0.25, -0.2) is 8.42 Å². The zero-order valence-corrected chi connectivity index (χ0v) is 7.52. The van der Waals surface area contributed by atoms with E-state index in [1.54, 1.807) is 6.07 Å². The fourth-order valence-electron chi connectivity index (χ4n) is 0.0845. The van der Waals surface area contributed by atoms with Crippen molar-refractivity contribution in [3.8, 4) is 6.07 Å². The number of nitriles is 1. The minimum Gasteiger partial charge on any atom is -0.202 e. The summed E-state index contributed by atoms with van der Waals surface area (Å²) in [5.74, 6) is 0. The Morgan fingerprint density at radius 2 is 1.67 bits per heavy atom. The number of hydrogen-bond acceptors (Lipinski definition) is 4. The summed E-state index contributed by atoms with van der Waals surface area (Å²) in [6, 6.07) is 1.75. The molecule has 0 atom stereocenters. The molecule has 0 rings (SSSR count). The number of thiol groups is 1. The van der Waals surface area contributed by atoms with Crippen molar-refractivity contribution >= 4 is 11.0 Å². The Labute approximate surface area is 78.7 Å². The van der Waals surface area contributed by atoms with Gasteiger partial charge in [0.2, 0.25) is 0 Å². The molecule has 75 valence electrons. The van der Waals surface area contributed by atoms with Gasteiger partial charge in [-0.05, 0) is 0 Å². The molecule has 0 spiro atoms. The fourth-order valence-corrected chi connectivity index (χ4v) is 0.254. The van der Waals surface area contributed by atoms with E-state index < -0.39 is 17.3 Å². The van der Waals surface area contributed by atoms with E-state index >= 15 is 0 Å². The topological polar surface area (TPSA) is 67.2 Å². The van der Waals surface area contributed by atoms with E-state index in [-0.39, 0.29) is 16.8 Å². The molecule has 0 aromatic rings. The summed E-state index contributed by atoms with van der Waals surface area (Å²) in [6.45, 7) is 1.43. The van der Waals surface area contributed by atoms with Gasteiger partial charge in [-0.15, -0.1) is 13.2 Å². The minimum absolute atomic E-state index is 0. The molecule has 0 heterocycles. The number of alkyl halides is 3. The molecule has 0 aliphatic heterocycles. The van der Waals surface area contributed by atoms with Crippen LogP contribution in [-0.2, 0) is 31.9 Å². The van der Waals surface area contributed by atoms with Crippen LogP contribution in [0.2, 0.25) is 0 Å². The predicted octanol–water partition coefficient (Wildman–Crippen LogP) is 0.577. The summed E-state index contributed by atoms with van der Waals surface area (Å²) in [5, 5.41) is 7.32. The van der Waals surface area contributed by atoms with Gasteiger partial charge in [-0.1, -0.05) is 0 Å². The van der Waals surface area contributed by atoms with Gasteiger partial charge in [0.15, 0.2) is 0 Å². The molecule has 0 saturated heterocycles. The third-order valence-electron chi connectivity index (χ3n) is 0.178. The summed E-state index contributed by atoms with van der Waals surface area (Å²) in [4.78, 5) is 0. The minimum atomic E-state index is -5.07. The third-order valence-corrected chi connectivity index (χ3v) is 0.534. The molecule has 4 nitrogen and oxygen atoms in total. The van der Waals surface area contributed by atoms with Crippen LogP contribution in [-0.4, -0.2) is 14.8 Å². The summed E-state index contributed by atoms with van der Waals surface area (Å²) in [6.07, 6.45) is -5.07. The maximum atomic E-state index is 10.7. The van der Waals surface area contributed by atoms with Crippen LogP contribution in [0.25, 0.3) is 0 Å². The van der Waals surface area contributed by atoms with E-state index in [4.69, 9.17) is 13.7 Å². The molecule has 0 aliphatic carbocycles. The molecule has 0 aromatic heterocycles. The fraction of sp³-hybridized carbons (Fsp3) is 0.667. The van der Waals surface area contributed by atoms with Gasteiger partial charge in [0, 0.05) is 23.7 Å². The quantitative estimate of drug-likeness (QED) is 0.691. The Morgan fingerprint density at radius 3 is 1.67 bits per heavy atom. The van der Waals surface area contributed by atoms with Gasteiger partial charge in [-0.2, -0.15) is 9.44 Å². The van der Waals surface area contributed by atoms with Crippen LogP contribution in [0.5, 0.6) is 0 Å². The van der Waals surface area contributed by atoms with Crippen LogP contribution in [0, 0.1) is 11.3 Å². The first-order chi connectivity index (χ1) is 4.83. The first-order valence-electron chi connectivity index (χ1n) is 2.04. The predicted molar refractivity (Wildman–Crippen MR) is 28.7 cm³/mol. The number of halogens is 3. The first-order valence-corrected chi connectivity index (χ1v) is 3.14. The Bertz CT molecular complexity index is 200. The maximum Gasteiger partial charge on any atom is 0.537 e. The van der Waals surface area contributed by atoms with Gasteiger partial charge in [0.1, 0.15) is 0 Å². The van der Waals surface area contributed by atoms with Gasteiger partial charge in [0.05, 0.1) is 6.07 Å². The number of rotatable bonds is 1. The Kier molecular flexibility index (Phi) is 13.0. The molecule has 0 unspecified atom stereocenters. The van der Waals surface area contributed by atoms with Crippen LogP contribution in [0.4, 0.5) is 13.2 Å². The Morgan fingerprint density at radius 1 is 1.42 bits per heavy atom. The molecule has 9 heteroatoms. The van der Waals surface area contributed by atoms with Gasteiger partial charge >= 0.3 is 6.36 Å². The van der Waals surface area contributed by atoms with Crippen molar-refractivity contribution in [3.63, 3.8) is 0 Å². The second-order valence-corrected chi connectivity index (χ2v) is 1.61. The molecule has 0 N–H and O–H groups in total. The van der Waals surface area contributed by atoms with Crippen LogP contribution >= 0.6 is 0 Å². The molecule has 0 fully saturated rings. The average Bonchev–Trinajstić information content (AvgIpc) is 1.57. The molecule has 0 aliphatic rings. The van der Waals surface area contributed by atoms with E-state index in [0.29, 0.717) is 0 Å². The van der Waals surface area contributed by atoms with Crippen LogP contribution < -0.4 is 0 Å². The van der Waals surface area contributed by atoms with Crippen molar-refractivity contribution < 1.29 is 42.6 Å². The molecule has 12 heavy (non-hydrogen) atoms. The molecule has 0 amide bonds. The second kappa shape index (κ2) is 8.79. The van der Waals surface area contributed by atoms with Gasteiger partial charge in [0.25, 0.3) is 11.0 Å². The zero-order valence-electron chi connectivity index (χ0n) is 5.59. The normalized spacial score (nSPS) is 9.00. The molecule has 0 bridgehead atoms. The molecule has 0 aromatic carbocycles. The van der Waals surface area contributed by atoms with Crippen molar-refractivity contribution in [1.82, 2.24) is 0 Å². The van der Waals surface area contributed by atoms with Crippen molar-refractivity contribution in [1.29, 1.82) is 5.26 Å². The average molecular weight is 250 g/mol.